The molecule has 3 aromatic carbocycles. The van der Waals surface area contributed by atoms with Gasteiger partial charge < -0.3 is 24.3 Å². The molecular formula is C26H25N3O5S. The summed E-state index contributed by atoms with van der Waals surface area (Å²) < 4.78 is 16.4. The van der Waals surface area contributed by atoms with Gasteiger partial charge in [0.05, 0.1) is 19.8 Å². The Kier molecular flexibility index (Phi) is 6.88. The largest absolute Gasteiger partial charge is 0.507 e. The molecule has 180 valence electrons. The van der Waals surface area contributed by atoms with Crippen molar-refractivity contribution >= 4 is 40.0 Å². The first-order chi connectivity index (χ1) is 16.8. The van der Waals surface area contributed by atoms with Gasteiger partial charge in [0.25, 0.3) is 5.91 Å². The summed E-state index contributed by atoms with van der Waals surface area (Å²) in [7, 11) is 2.94. The van der Waals surface area contributed by atoms with E-state index in [2.05, 4.69) is 29.5 Å². The summed E-state index contributed by atoms with van der Waals surface area (Å²) in [6.07, 6.45) is 0. The van der Waals surface area contributed by atoms with Crippen LogP contribution in [0.1, 0.15) is 35.7 Å². The Bertz CT molecular complexity index is 1390. The highest BCUT2D eigenvalue weighted by Crippen LogP contribution is 2.34. The van der Waals surface area contributed by atoms with Crippen LogP contribution in [0.5, 0.6) is 17.2 Å². The molecule has 4 rings (SSSR count). The van der Waals surface area contributed by atoms with Crippen LogP contribution in [-0.2, 0) is 0 Å². The van der Waals surface area contributed by atoms with Gasteiger partial charge in [0, 0.05) is 5.69 Å². The molecule has 1 amide bonds. The third kappa shape index (κ3) is 5.04. The number of phenols is 1. The molecule has 1 heterocycles. The van der Waals surface area contributed by atoms with Crippen LogP contribution < -0.4 is 20.1 Å². The number of hydrogen-bond donors (Lipinski definition) is 3. The molecule has 0 aliphatic carbocycles. The van der Waals surface area contributed by atoms with Crippen molar-refractivity contribution in [2.24, 2.45) is 0 Å². The van der Waals surface area contributed by atoms with E-state index in [1.165, 1.54) is 20.3 Å². The molecule has 3 N–H and O–H groups in total. The highest BCUT2D eigenvalue weighted by atomic mass is 32.1. The van der Waals surface area contributed by atoms with Crippen molar-refractivity contribution in [1.29, 1.82) is 0 Å². The number of anilines is 1. The summed E-state index contributed by atoms with van der Waals surface area (Å²) in [5.41, 5.74) is 3.61. The van der Waals surface area contributed by atoms with E-state index < -0.39 is 5.91 Å². The van der Waals surface area contributed by atoms with E-state index in [4.69, 9.17) is 26.1 Å². The Hall–Kier alpha value is -4.11. The van der Waals surface area contributed by atoms with Gasteiger partial charge in [0.1, 0.15) is 28.3 Å². The number of carbonyl (C=O) groups is 1. The lowest BCUT2D eigenvalue weighted by Gasteiger charge is -2.14. The fourth-order valence-electron chi connectivity index (χ4n) is 3.61. The predicted molar refractivity (Wildman–Crippen MR) is 138 cm³/mol. The van der Waals surface area contributed by atoms with Crippen LogP contribution in [0, 0.1) is 0 Å². The molecule has 1 aromatic heterocycles. The molecule has 4 aromatic rings. The Morgan fingerprint density at radius 3 is 2.43 bits per heavy atom. The number of carbonyl (C=O) groups excluding carboxylic acids is 1. The molecule has 0 bridgehead atoms. The number of fused-ring (bicyclic) bond motifs is 1. The van der Waals surface area contributed by atoms with Gasteiger partial charge in [-0.15, -0.1) is 0 Å². The number of ether oxygens (including phenoxy) is 2. The average molecular weight is 492 g/mol. The summed E-state index contributed by atoms with van der Waals surface area (Å²) in [5.74, 6) is 0.847. The molecule has 0 fully saturated rings. The number of nitrogens with one attached hydrogen (secondary N) is 2. The maximum atomic E-state index is 12.9. The molecule has 0 saturated heterocycles. The van der Waals surface area contributed by atoms with E-state index in [-0.39, 0.29) is 22.3 Å². The fraction of sp³-hybridized carbons (Fsp3) is 0.192. The molecule has 9 heteroatoms. The van der Waals surface area contributed by atoms with Crippen molar-refractivity contribution in [2.75, 3.05) is 19.5 Å². The number of benzene rings is 3. The second kappa shape index (κ2) is 10.0. The van der Waals surface area contributed by atoms with Crippen LogP contribution in [0.25, 0.3) is 22.6 Å². The lowest BCUT2D eigenvalue weighted by Crippen LogP contribution is -2.34. The van der Waals surface area contributed by atoms with E-state index in [1.54, 1.807) is 30.3 Å². The molecule has 0 saturated carbocycles. The fourth-order valence-corrected chi connectivity index (χ4v) is 3.82. The van der Waals surface area contributed by atoms with Crippen LogP contribution in [0.15, 0.2) is 59.0 Å². The third-order valence-corrected chi connectivity index (χ3v) is 5.65. The van der Waals surface area contributed by atoms with Crippen LogP contribution >= 0.6 is 12.2 Å². The minimum atomic E-state index is -0.490. The van der Waals surface area contributed by atoms with Crippen LogP contribution in [0.2, 0.25) is 0 Å². The Balaban J connectivity index is 1.55. The lowest BCUT2D eigenvalue weighted by atomic mass is 10.0. The lowest BCUT2D eigenvalue weighted by molar-refractivity contribution is 0.0971. The highest BCUT2D eigenvalue weighted by Gasteiger charge is 2.20. The first kappa shape index (κ1) is 24.0. The number of rotatable bonds is 6. The minimum absolute atomic E-state index is 0.0000913. The Morgan fingerprint density at radius 1 is 1.06 bits per heavy atom. The SMILES string of the molecule is COc1cccc(OC)c1C(=O)NC(=S)Nc1ccc(O)c(-c2nc3cc(C(C)C)ccc3o2)c1. The molecule has 0 aliphatic heterocycles. The van der Waals surface area contributed by atoms with Gasteiger partial charge in [0.2, 0.25) is 5.89 Å². The van der Waals surface area contributed by atoms with Crippen molar-refractivity contribution in [2.45, 2.75) is 19.8 Å². The zero-order valence-electron chi connectivity index (χ0n) is 19.7. The first-order valence-corrected chi connectivity index (χ1v) is 11.3. The average Bonchev–Trinajstić information content (AvgIpc) is 3.27. The zero-order valence-corrected chi connectivity index (χ0v) is 20.5. The smallest absolute Gasteiger partial charge is 0.264 e. The quantitative estimate of drug-likeness (QED) is 0.241. The van der Waals surface area contributed by atoms with Gasteiger partial charge in [-0.05, 0) is 66.2 Å². The summed E-state index contributed by atoms with van der Waals surface area (Å²) in [6.45, 7) is 4.21. The summed E-state index contributed by atoms with van der Waals surface area (Å²) >= 11 is 5.33. The number of amides is 1. The number of thiocarbonyl (C=S) groups is 1. The van der Waals surface area contributed by atoms with Crippen molar-refractivity contribution in [3.8, 4) is 28.7 Å². The number of aromatic nitrogens is 1. The molecule has 0 unspecified atom stereocenters. The molecule has 35 heavy (non-hydrogen) atoms. The highest BCUT2D eigenvalue weighted by molar-refractivity contribution is 7.80. The van der Waals surface area contributed by atoms with Crippen molar-refractivity contribution in [1.82, 2.24) is 10.3 Å². The standard InChI is InChI=1S/C26H25N3O5S/c1-14(2)15-8-11-20-18(12-15)28-25(34-20)17-13-16(9-10-19(17)30)27-26(35)29-24(31)23-21(32-3)6-5-7-22(23)33-4/h5-14,30H,1-4H3,(H2,27,29,31,35). The number of phenolic OH excluding ortho intramolecular Hbond substituents is 1. The van der Waals surface area contributed by atoms with Gasteiger partial charge >= 0.3 is 0 Å². The van der Waals surface area contributed by atoms with Crippen molar-refractivity contribution in [3.63, 3.8) is 0 Å². The third-order valence-electron chi connectivity index (χ3n) is 5.45. The monoisotopic (exact) mass is 491 g/mol. The van der Waals surface area contributed by atoms with Gasteiger partial charge in [-0.3, -0.25) is 10.1 Å². The zero-order chi connectivity index (χ0) is 25.1. The molecule has 8 nitrogen and oxygen atoms in total. The van der Waals surface area contributed by atoms with Gasteiger partial charge in [-0.2, -0.15) is 0 Å². The number of methoxy groups -OCH3 is 2. The van der Waals surface area contributed by atoms with Gasteiger partial charge in [0.15, 0.2) is 10.7 Å². The molecule has 0 spiro atoms. The van der Waals surface area contributed by atoms with Crippen molar-refractivity contribution < 1.29 is 23.8 Å². The maximum absolute atomic E-state index is 12.9. The number of nitrogens with zero attached hydrogens (tertiary/aromatic N) is 1. The molecule has 0 radical (unpaired) electrons. The van der Waals surface area contributed by atoms with Crippen LogP contribution in [0.4, 0.5) is 5.69 Å². The van der Waals surface area contributed by atoms with Gasteiger partial charge in [-0.25, -0.2) is 4.98 Å². The number of hydrogen-bond acceptors (Lipinski definition) is 7. The second-order valence-corrected chi connectivity index (χ2v) is 8.49. The molecule has 0 atom stereocenters. The summed E-state index contributed by atoms with van der Waals surface area (Å²) in [4.78, 5) is 17.4. The predicted octanol–water partition coefficient (Wildman–Crippen LogP) is 5.47. The van der Waals surface area contributed by atoms with E-state index >= 15 is 0 Å². The Morgan fingerprint density at radius 2 is 1.77 bits per heavy atom. The number of oxazole rings is 1. The van der Waals surface area contributed by atoms with Gasteiger partial charge in [-0.1, -0.05) is 26.0 Å². The first-order valence-electron chi connectivity index (χ1n) is 10.9. The normalized spacial score (nSPS) is 10.9. The van der Waals surface area contributed by atoms with E-state index in [0.717, 1.165) is 5.56 Å². The minimum Gasteiger partial charge on any atom is -0.507 e. The Labute approximate surface area is 207 Å². The number of aromatic hydroxyl groups is 1. The second-order valence-electron chi connectivity index (χ2n) is 8.08. The summed E-state index contributed by atoms with van der Waals surface area (Å²) in [6, 6.07) is 15.7. The van der Waals surface area contributed by atoms with E-state index in [0.29, 0.717) is 39.8 Å². The van der Waals surface area contributed by atoms with Crippen molar-refractivity contribution in [3.05, 3.63) is 65.7 Å². The van der Waals surface area contributed by atoms with E-state index in [1.807, 2.05) is 18.2 Å². The van der Waals surface area contributed by atoms with Crippen LogP contribution in [0.3, 0.4) is 0 Å². The maximum Gasteiger partial charge on any atom is 0.264 e. The van der Waals surface area contributed by atoms with Crippen LogP contribution in [-0.4, -0.2) is 35.3 Å². The molecular weight excluding hydrogens is 466 g/mol. The molecule has 0 aliphatic rings. The summed E-state index contributed by atoms with van der Waals surface area (Å²) in [5, 5.41) is 16.1. The van der Waals surface area contributed by atoms with E-state index in [9.17, 15) is 9.90 Å². The topological polar surface area (TPSA) is 106 Å².